The number of amides is 1. The molecule has 31 heavy (non-hydrogen) atoms. The van der Waals surface area contributed by atoms with Crippen LogP contribution in [0, 0.1) is 5.82 Å². The minimum Gasteiger partial charge on any atom is -0.328 e. The third kappa shape index (κ3) is 4.27. The lowest BCUT2D eigenvalue weighted by Crippen LogP contribution is -2.42. The molecule has 1 saturated heterocycles. The van der Waals surface area contributed by atoms with E-state index in [2.05, 4.69) is 9.97 Å². The maximum absolute atomic E-state index is 13.6. The van der Waals surface area contributed by atoms with E-state index in [1.165, 1.54) is 22.5 Å². The molecular formula is C21H25FN4O4S. The molecule has 1 fully saturated rings. The molecule has 4 rings (SSSR count). The Hall–Kier alpha value is -2.59. The van der Waals surface area contributed by atoms with E-state index in [0.717, 1.165) is 12.8 Å². The van der Waals surface area contributed by atoms with Gasteiger partial charge < -0.3 is 9.88 Å². The first kappa shape index (κ1) is 21.6. The number of nitrogens with one attached hydrogen (secondary N) is 1. The number of fused-ring (bicyclic) bond motifs is 1. The first-order chi connectivity index (χ1) is 14.8. The van der Waals surface area contributed by atoms with Crippen LogP contribution in [0.25, 0.3) is 0 Å². The number of carbonyl (C=O) groups excluding carboxylic acids is 1. The zero-order valence-corrected chi connectivity index (χ0v) is 18.1. The number of piperidine rings is 1. The highest BCUT2D eigenvalue weighted by Crippen LogP contribution is 2.31. The third-order valence-corrected chi connectivity index (χ3v) is 7.79. The molecule has 1 aromatic carbocycles. The molecule has 0 bridgehead atoms. The maximum atomic E-state index is 13.6. The molecule has 8 nitrogen and oxygen atoms in total. The second kappa shape index (κ2) is 8.51. The van der Waals surface area contributed by atoms with Crippen LogP contribution in [-0.4, -0.2) is 52.3 Å². The number of hydrogen-bond donors (Lipinski definition) is 1. The van der Waals surface area contributed by atoms with Crippen LogP contribution in [0.3, 0.4) is 0 Å². The van der Waals surface area contributed by atoms with Gasteiger partial charge in [0.1, 0.15) is 11.6 Å². The Labute approximate surface area is 180 Å². The Morgan fingerprint density at radius 1 is 1.29 bits per heavy atom. The fourth-order valence-electron chi connectivity index (χ4n) is 4.26. The minimum atomic E-state index is -3.40. The van der Waals surface area contributed by atoms with Crippen LogP contribution in [-0.2, 0) is 23.0 Å². The second-order valence-electron chi connectivity index (χ2n) is 7.88. The van der Waals surface area contributed by atoms with E-state index < -0.39 is 21.9 Å². The first-order valence-electron chi connectivity index (χ1n) is 10.5. The fourth-order valence-corrected chi connectivity index (χ4v) is 5.31. The summed E-state index contributed by atoms with van der Waals surface area (Å²) in [6, 6.07) is 5.07. The van der Waals surface area contributed by atoms with Crippen LogP contribution in [0.15, 0.2) is 29.1 Å². The average Bonchev–Trinajstić information content (AvgIpc) is 2.78. The van der Waals surface area contributed by atoms with Crippen molar-refractivity contribution in [2.45, 2.75) is 45.2 Å². The Morgan fingerprint density at radius 3 is 2.84 bits per heavy atom. The summed E-state index contributed by atoms with van der Waals surface area (Å²) in [5.41, 5.74) is 0.876. The van der Waals surface area contributed by atoms with Gasteiger partial charge in [0.05, 0.1) is 24.0 Å². The lowest BCUT2D eigenvalue weighted by molar-refractivity contribution is 0.0598. The maximum Gasteiger partial charge on any atom is 0.254 e. The highest BCUT2D eigenvalue weighted by molar-refractivity contribution is 7.89. The van der Waals surface area contributed by atoms with E-state index in [0.29, 0.717) is 36.5 Å². The van der Waals surface area contributed by atoms with E-state index in [1.54, 1.807) is 17.9 Å². The normalized spacial score (nSPS) is 19.8. The number of sulfonamides is 1. The van der Waals surface area contributed by atoms with E-state index in [-0.39, 0.29) is 35.9 Å². The molecule has 2 aliphatic rings. The fraction of sp³-hybridized carbons (Fsp3) is 0.476. The van der Waals surface area contributed by atoms with Crippen molar-refractivity contribution in [2.75, 3.05) is 18.8 Å². The topological polar surface area (TPSA) is 103 Å². The van der Waals surface area contributed by atoms with Gasteiger partial charge in [-0.3, -0.25) is 9.59 Å². The lowest BCUT2D eigenvalue weighted by atomic mass is 9.99. The number of benzene rings is 1. The zero-order valence-electron chi connectivity index (χ0n) is 17.3. The largest absolute Gasteiger partial charge is 0.328 e. The van der Waals surface area contributed by atoms with Gasteiger partial charge in [0.25, 0.3) is 11.5 Å². The molecule has 2 aromatic rings. The molecule has 10 heteroatoms. The number of nitrogens with zero attached hydrogens (tertiary/aromatic N) is 3. The number of carbonyl (C=O) groups is 1. The molecule has 1 atom stereocenters. The standard InChI is InChI=1S/C21H25FN4O4S/c1-2-31(29,30)25-11-9-16-17(13-25)23-19(24-20(16)27)18-8-3-4-10-26(18)21(28)14-6-5-7-15(22)12-14/h5-7,12,18H,2-4,8-11,13H2,1H3,(H,23,24,27)/t18-/m1/s1. The van der Waals surface area contributed by atoms with Gasteiger partial charge in [-0.15, -0.1) is 0 Å². The molecule has 1 amide bonds. The molecule has 0 saturated carbocycles. The first-order valence-corrected chi connectivity index (χ1v) is 12.1. The van der Waals surface area contributed by atoms with E-state index in [9.17, 15) is 22.4 Å². The van der Waals surface area contributed by atoms with Crippen LogP contribution in [0.5, 0.6) is 0 Å². The Balaban J connectivity index is 1.68. The molecule has 2 aliphatic heterocycles. The van der Waals surface area contributed by atoms with Gasteiger partial charge in [0, 0.05) is 24.2 Å². The number of halogens is 1. The molecule has 0 radical (unpaired) electrons. The summed E-state index contributed by atoms with van der Waals surface area (Å²) in [7, 11) is -3.40. The van der Waals surface area contributed by atoms with Crippen molar-refractivity contribution >= 4 is 15.9 Å². The van der Waals surface area contributed by atoms with E-state index >= 15 is 0 Å². The Kier molecular flexibility index (Phi) is 5.94. The molecule has 0 spiro atoms. The van der Waals surface area contributed by atoms with Crippen LogP contribution in [0.4, 0.5) is 4.39 Å². The zero-order chi connectivity index (χ0) is 22.2. The minimum absolute atomic E-state index is 0.0169. The van der Waals surface area contributed by atoms with Gasteiger partial charge in [-0.05, 0) is 50.8 Å². The number of likely N-dealkylation sites (tertiary alicyclic amines) is 1. The third-order valence-electron chi connectivity index (χ3n) is 5.97. The summed E-state index contributed by atoms with van der Waals surface area (Å²) in [4.78, 5) is 34.9. The van der Waals surface area contributed by atoms with Crippen LogP contribution in [0.1, 0.15) is 59.7 Å². The summed E-state index contributed by atoms with van der Waals surface area (Å²) in [5, 5.41) is 0. The summed E-state index contributed by atoms with van der Waals surface area (Å²) < 4.78 is 39.6. The molecule has 1 N–H and O–H groups in total. The predicted molar refractivity (Wildman–Crippen MR) is 112 cm³/mol. The molecule has 0 aliphatic carbocycles. The second-order valence-corrected chi connectivity index (χ2v) is 10.1. The van der Waals surface area contributed by atoms with Crippen LogP contribution >= 0.6 is 0 Å². The molecule has 166 valence electrons. The monoisotopic (exact) mass is 448 g/mol. The number of H-pyrrole nitrogens is 1. The van der Waals surface area contributed by atoms with Crippen molar-refractivity contribution in [3.05, 3.63) is 63.1 Å². The van der Waals surface area contributed by atoms with Gasteiger partial charge in [-0.25, -0.2) is 17.8 Å². The number of aromatic nitrogens is 2. The van der Waals surface area contributed by atoms with Crippen molar-refractivity contribution in [2.24, 2.45) is 0 Å². The number of aromatic amines is 1. The summed E-state index contributed by atoms with van der Waals surface area (Å²) >= 11 is 0. The summed E-state index contributed by atoms with van der Waals surface area (Å²) in [5.74, 6) is -0.475. The molecular weight excluding hydrogens is 423 g/mol. The van der Waals surface area contributed by atoms with Crippen molar-refractivity contribution in [3.63, 3.8) is 0 Å². The van der Waals surface area contributed by atoms with Gasteiger partial charge in [0.15, 0.2) is 0 Å². The molecule has 0 unspecified atom stereocenters. The highest BCUT2D eigenvalue weighted by Gasteiger charge is 2.33. The Morgan fingerprint density at radius 2 is 2.10 bits per heavy atom. The van der Waals surface area contributed by atoms with Crippen molar-refractivity contribution in [3.8, 4) is 0 Å². The van der Waals surface area contributed by atoms with Crippen molar-refractivity contribution in [1.82, 2.24) is 19.2 Å². The quantitative estimate of drug-likeness (QED) is 0.770. The number of hydrogen-bond acceptors (Lipinski definition) is 5. The van der Waals surface area contributed by atoms with Crippen LogP contribution < -0.4 is 5.56 Å². The van der Waals surface area contributed by atoms with Gasteiger partial charge in [0.2, 0.25) is 10.0 Å². The molecule has 3 heterocycles. The van der Waals surface area contributed by atoms with E-state index in [4.69, 9.17) is 0 Å². The highest BCUT2D eigenvalue weighted by atomic mass is 32.2. The van der Waals surface area contributed by atoms with E-state index in [1.807, 2.05) is 0 Å². The predicted octanol–water partition coefficient (Wildman–Crippen LogP) is 1.98. The average molecular weight is 449 g/mol. The van der Waals surface area contributed by atoms with Crippen LogP contribution in [0.2, 0.25) is 0 Å². The van der Waals surface area contributed by atoms with Gasteiger partial charge in [-0.2, -0.15) is 4.31 Å². The smallest absolute Gasteiger partial charge is 0.254 e. The van der Waals surface area contributed by atoms with Crippen molar-refractivity contribution in [1.29, 1.82) is 0 Å². The number of rotatable bonds is 4. The SMILES string of the molecule is CCS(=O)(=O)N1CCc2c(nc([C@H]3CCCCN3C(=O)c3cccc(F)c3)[nH]c2=O)C1. The summed E-state index contributed by atoms with van der Waals surface area (Å²) in [6.07, 6.45) is 2.57. The van der Waals surface area contributed by atoms with Gasteiger partial charge >= 0.3 is 0 Å². The molecule has 1 aromatic heterocycles. The lowest BCUT2D eigenvalue weighted by Gasteiger charge is -2.36. The Bertz CT molecular complexity index is 1160. The summed E-state index contributed by atoms with van der Waals surface area (Å²) in [6.45, 7) is 2.35. The van der Waals surface area contributed by atoms with Gasteiger partial charge in [-0.1, -0.05) is 6.07 Å². The van der Waals surface area contributed by atoms with Crippen molar-refractivity contribution < 1.29 is 17.6 Å².